The zero-order chi connectivity index (χ0) is 23.9. The number of thioether (sulfide) groups is 1. The summed E-state index contributed by atoms with van der Waals surface area (Å²) in [5.41, 5.74) is 1.80. The van der Waals surface area contributed by atoms with Crippen molar-refractivity contribution in [3.05, 3.63) is 53.6 Å². The van der Waals surface area contributed by atoms with Crippen LogP contribution in [0.2, 0.25) is 0 Å². The molecule has 0 amide bonds. The minimum absolute atomic E-state index is 0.246. The predicted octanol–water partition coefficient (Wildman–Crippen LogP) is 6.14. The van der Waals surface area contributed by atoms with Gasteiger partial charge in [-0.15, -0.1) is 0 Å². The van der Waals surface area contributed by atoms with Crippen molar-refractivity contribution in [2.75, 3.05) is 13.1 Å². The molecule has 0 N–H and O–H groups in total. The highest BCUT2D eigenvalue weighted by atomic mass is 32.2. The molecule has 1 saturated carbocycles. The Bertz CT molecular complexity index is 1300. The molecule has 0 bridgehead atoms. The van der Waals surface area contributed by atoms with Crippen molar-refractivity contribution in [1.82, 2.24) is 13.9 Å². The van der Waals surface area contributed by atoms with Crippen LogP contribution in [0.3, 0.4) is 0 Å². The van der Waals surface area contributed by atoms with Crippen molar-refractivity contribution in [1.29, 1.82) is 0 Å². The second-order valence-electron chi connectivity index (χ2n) is 9.49. The highest BCUT2D eigenvalue weighted by Gasteiger charge is 2.30. The van der Waals surface area contributed by atoms with E-state index in [0.29, 0.717) is 29.7 Å². The number of piperidine rings is 1. The zero-order valence-electron chi connectivity index (χ0n) is 19.2. The first kappa shape index (κ1) is 23.8. The Hall–Kier alpha value is -1.97. The molecular weight excluding hydrogens is 476 g/mol. The third-order valence-corrected chi connectivity index (χ3v) is 9.80. The molecular formula is C25H29F2N3O2S2. The van der Waals surface area contributed by atoms with Crippen molar-refractivity contribution in [2.24, 2.45) is 5.92 Å². The van der Waals surface area contributed by atoms with E-state index in [0.717, 1.165) is 56.2 Å². The van der Waals surface area contributed by atoms with Gasteiger partial charge in [0.05, 0.1) is 15.9 Å². The van der Waals surface area contributed by atoms with E-state index in [4.69, 9.17) is 4.98 Å². The first-order valence-corrected chi connectivity index (χ1v) is 14.3. The van der Waals surface area contributed by atoms with Gasteiger partial charge in [0.1, 0.15) is 11.6 Å². The number of rotatable bonds is 6. The van der Waals surface area contributed by atoms with Gasteiger partial charge in [-0.3, -0.25) is 0 Å². The van der Waals surface area contributed by atoms with Gasteiger partial charge in [-0.05, 0) is 68.0 Å². The maximum atomic E-state index is 14.2. The summed E-state index contributed by atoms with van der Waals surface area (Å²) in [7, 11) is -3.59. The van der Waals surface area contributed by atoms with E-state index >= 15 is 0 Å². The smallest absolute Gasteiger partial charge is 0.243 e. The van der Waals surface area contributed by atoms with Crippen LogP contribution in [0.25, 0.3) is 11.0 Å². The summed E-state index contributed by atoms with van der Waals surface area (Å²) in [5.74, 6) is -0.319. The molecule has 1 aliphatic carbocycles. The standard InChI is InChI=1S/C25H29F2N3O2S2/c1-17-5-4-12-29(15-17)34(31,32)21-9-11-24-23(14-21)28-25(30(24)20-6-2-3-7-20)33-16-18-13-19(26)8-10-22(18)27/h8-11,13-14,17,20H,2-7,12,15-16H2,1H3/t17-/m1/s1. The Morgan fingerprint density at radius 3 is 2.62 bits per heavy atom. The number of imidazole rings is 1. The van der Waals surface area contributed by atoms with Gasteiger partial charge < -0.3 is 4.57 Å². The molecule has 0 unspecified atom stereocenters. The molecule has 2 fully saturated rings. The van der Waals surface area contributed by atoms with Crippen molar-refractivity contribution in [3.63, 3.8) is 0 Å². The largest absolute Gasteiger partial charge is 0.316 e. The molecule has 5 nitrogen and oxygen atoms in total. The number of aromatic nitrogens is 2. The highest BCUT2D eigenvalue weighted by molar-refractivity contribution is 7.98. The van der Waals surface area contributed by atoms with Gasteiger partial charge in [-0.2, -0.15) is 4.31 Å². The number of fused-ring (bicyclic) bond motifs is 1. The fraction of sp³-hybridized carbons (Fsp3) is 0.480. The zero-order valence-corrected chi connectivity index (χ0v) is 20.8. The Morgan fingerprint density at radius 2 is 1.85 bits per heavy atom. The van der Waals surface area contributed by atoms with Crippen LogP contribution in [-0.4, -0.2) is 35.4 Å². The van der Waals surface area contributed by atoms with Crippen molar-refractivity contribution in [3.8, 4) is 0 Å². The van der Waals surface area contributed by atoms with Crippen LogP contribution < -0.4 is 0 Å². The molecule has 2 aliphatic rings. The Kier molecular flexibility index (Phi) is 6.70. The summed E-state index contributed by atoms with van der Waals surface area (Å²) in [5, 5.41) is 0.715. The monoisotopic (exact) mass is 505 g/mol. The molecule has 34 heavy (non-hydrogen) atoms. The van der Waals surface area contributed by atoms with Gasteiger partial charge in [0.2, 0.25) is 10.0 Å². The molecule has 5 rings (SSSR count). The molecule has 2 aromatic carbocycles. The van der Waals surface area contributed by atoms with Gasteiger partial charge in [0.15, 0.2) is 5.16 Å². The molecule has 1 aliphatic heterocycles. The second kappa shape index (κ2) is 9.59. The predicted molar refractivity (Wildman–Crippen MR) is 130 cm³/mol. The number of nitrogens with zero attached hydrogens (tertiary/aromatic N) is 3. The summed E-state index contributed by atoms with van der Waals surface area (Å²) in [6.45, 7) is 3.16. The lowest BCUT2D eigenvalue weighted by Gasteiger charge is -2.30. The fourth-order valence-corrected chi connectivity index (χ4v) is 7.82. The summed E-state index contributed by atoms with van der Waals surface area (Å²) in [6.07, 6.45) is 6.23. The Labute approximate surface area is 203 Å². The average Bonchev–Trinajstić information content (AvgIpc) is 3.46. The molecule has 182 valence electrons. The Morgan fingerprint density at radius 1 is 1.06 bits per heavy atom. The number of benzene rings is 2. The Balaban J connectivity index is 1.50. The van der Waals surface area contributed by atoms with Crippen LogP contribution in [0.4, 0.5) is 8.78 Å². The van der Waals surface area contributed by atoms with Crippen molar-refractivity contribution in [2.45, 2.75) is 67.3 Å². The lowest BCUT2D eigenvalue weighted by molar-refractivity contribution is 0.281. The van der Waals surface area contributed by atoms with E-state index in [1.165, 1.54) is 17.8 Å². The maximum Gasteiger partial charge on any atom is 0.243 e. The van der Waals surface area contributed by atoms with Gasteiger partial charge >= 0.3 is 0 Å². The average molecular weight is 506 g/mol. The van der Waals surface area contributed by atoms with Gasteiger partial charge in [0, 0.05) is 30.4 Å². The molecule has 1 atom stereocenters. The van der Waals surface area contributed by atoms with Gasteiger partial charge in [0.25, 0.3) is 0 Å². The summed E-state index contributed by atoms with van der Waals surface area (Å²) < 4.78 is 58.2. The quantitative estimate of drug-likeness (QED) is 0.378. The molecule has 3 aromatic rings. The van der Waals surface area contributed by atoms with Crippen LogP contribution in [-0.2, 0) is 15.8 Å². The second-order valence-corrected chi connectivity index (χ2v) is 12.4. The summed E-state index contributed by atoms with van der Waals surface area (Å²) in [4.78, 5) is 5.05. The van der Waals surface area contributed by atoms with Crippen LogP contribution in [0.1, 0.15) is 57.1 Å². The molecule has 0 spiro atoms. The van der Waals surface area contributed by atoms with E-state index in [1.807, 2.05) is 6.07 Å². The molecule has 9 heteroatoms. The lowest BCUT2D eigenvalue weighted by atomic mass is 10.0. The van der Waals surface area contributed by atoms with Crippen LogP contribution >= 0.6 is 11.8 Å². The van der Waals surface area contributed by atoms with E-state index in [2.05, 4.69) is 11.5 Å². The first-order chi connectivity index (χ1) is 16.3. The summed E-state index contributed by atoms with van der Waals surface area (Å²) >= 11 is 1.36. The third-order valence-electron chi connectivity index (χ3n) is 6.94. The van der Waals surface area contributed by atoms with Crippen molar-refractivity contribution >= 4 is 32.8 Å². The first-order valence-electron chi connectivity index (χ1n) is 11.9. The minimum Gasteiger partial charge on any atom is -0.316 e. The minimum atomic E-state index is -3.59. The van der Waals surface area contributed by atoms with Crippen LogP contribution in [0.5, 0.6) is 0 Å². The maximum absolute atomic E-state index is 14.2. The van der Waals surface area contributed by atoms with Gasteiger partial charge in [-0.1, -0.05) is 31.5 Å². The van der Waals surface area contributed by atoms with Crippen molar-refractivity contribution < 1.29 is 17.2 Å². The molecule has 0 radical (unpaired) electrons. The van der Waals surface area contributed by atoms with E-state index in [1.54, 1.807) is 16.4 Å². The topological polar surface area (TPSA) is 55.2 Å². The van der Waals surface area contributed by atoms with Crippen LogP contribution in [0, 0.1) is 17.6 Å². The van der Waals surface area contributed by atoms with E-state index in [-0.39, 0.29) is 22.3 Å². The highest BCUT2D eigenvalue weighted by Crippen LogP contribution is 2.38. The van der Waals surface area contributed by atoms with Crippen LogP contribution in [0.15, 0.2) is 46.5 Å². The van der Waals surface area contributed by atoms with E-state index in [9.17, 15) is 17.2 Å². The number of hydrogen-bond acceptors (Lipinski definition) is 4. The molecule has 1 saturated heterocycles. The molecule has 1 aromatic heterocycles. The number of halogens is 2. The normalized spacial score (nSPS) is 20.4. The third kappa shape index (κ3) is 4.62. The number of sulfonamides is 1. The van der Waals surface area contributed by atoms with E-state index < -0.39 is 21.7 Å². The van der Waals surface area contributed by atoms with Gasteiger partial charge in [-0.25, -0.2) is 22.2 Å². The number of hydrogen-bond donors (Lipinski definition) is 0. The summed E-state index contributed by atoms with van der Waals surface area (Å²) in [6, 6.07) is 8.96. The SMILES string of the molecule is C[C@@H]1CCCN(S(=O)(=O)c2ccc3c(c2)nc(SCc2cc(F)ccc2F)n3C2CCCC2)C1. The lowest BCUT2D eigenvalue weighted by Crippen LogP contribution is -2.39. The fourth-order valence-electron chi connectivity index (χ4n) is 5.14. The molecule has 2 heterocycles.